The molecule has 0 saturated carbocycles. The van der Waals surface area contributed by atoms with Gasteiger partial charge in [0.1, 0.15) is 11.1 Å². The lowest BCUT2D eigenvalue weighted by Crippen LogP contribution is -2.39. The van der Waals surface area contributed by atoms with E-state index in [0.29, 0.717) is 17.9 Å². The third-order valence-corrected chi connectivity index (χ3v) is 7.56. The molecule has 9 nitrogen and oxygen atoms in total. The number of hydrogen-bond acceptors (Lipinski definition) is 7. The van der Waals surface area contributed by atoms with Crippen molar-refractivity contribution in [3.8, 4) is 0 Å². The van der Waals surface area contributed by atoms with Crippen LogP contribution in [0.1, 0.15) is 40.5 Å². The number of thioether (sulfide) groups is 1. The Hall–Kier alpha value is -3.28. The predicted molar refractivity (Wildman–Crippen MR) is 138 cm³/mol. The lowest BCUT2D eigenvalue weighted by Gasteiger charge is -2.34. The summed E-state index contributed by atoms with van der Waals surface area (Å²) in [6.45, 7) is 2.48. The second kappa shape index (κ2) is 11.4. The minimum Gasteiger partial charge on any atom is -0.341 e. The molecule has 0 saturated heterocycles. The van der Waals surface area contributed by atoms with Gasteiger partial charge in [0.2, 0.25) is 0 Å². The summed E-state index contributed by atoms with van der Waals surface area (Å²) in [5.41, 5.74) is 4.52. The molecule has 3 N–H and O–H groups in total. The summed E-state index contributed by atoms with van der Waals surface area (Å²) in [4.78, 5) is 30.7. The molecule has 0 fully saturated rings. The highest BCUT2D eigenvalue weighted by atomic mass is 32.2. The van der Waals surface area contributed by atoms with E-state index < -0.39 is 16.5 Å². The third kappa shape index (κ3) is 6.24. The van der Waals surface area contributed by atoms with Crippen molar-refractivity contribution in [1.82, 2.24) is 15.0 Å². The highest BCUT2D eigenvalue weighted by Crippen LogP contribution is 2.32. The molecule has 0 aliphatic carbocycles. The van der Waals surface area contributed by atoms with Crippen LogP contribution in [-0.2, 0) is 28.2 Å². The molecule has 2 heterocycles. The van der Waals surface area contributed by atoms with Gasteiger partial charge in [0.25, 0.3) is 5.91 Å². The van der Waals surface area contributed by atoms with Crippen LogP contribution in [0.15, 0.2) is 66.2 Å². The number of nitrogens with one attached hydrogen (secondary N) is 2. The number of carbonyl (C=O) groups is 2. The summed E-state index contributed by atoms with van der Waals surface area (Å²) in [6, 6.07) is 14.9. The number of amides is 1. The molecular weight excluding hydrogens is 486 g/mol. The first-order valence-electron chi connectivity index (χ1n) is 11.0. The van der Waals surface area contributed by atoms with Gasteiger partial charge in [0.05, 0.1) is 35.8 Å². The number of rotatable bonds is 9. The molecule has 35 heavy (non-hydrogen) atoms. The molecule has 182 valence electrons. The minimum atomic E-state index is -1.89. The molecule has 0 spiro atoms. The molecule has 3 atom stereocenters. The van der Waals surface area contributed by atoms with Crippen LogP contribution < -0.4 is 5.32 Å². The van der Waals surface area contributed by atoms with Gasteiger partial charge >= 0.3 is 0 Å². The molecule has 1 aliphatic rings. The molecule has 3 unspecified atom stereocenters. The van der Waals surface area contributed by atoms with Gasteiger partial charge in [0, 0.05) is 5.69 Å². The summed E-state index contributed by atoms with van der Waals surface area (Å²) < 4.78 is 20.2. The Kier molecular flexibility index (Phi) is 8.11. The quantitative estimate of drug-likeness (QED) is 0.296. The number of hydrazone groups is 1. The lowest BCUT2D eigenvalue weighted by molar-refractivity contribution is -0.110. The minimum absolute atomic E-state index is 0.0549. The summed E-state index contributed by atoms with van der Waals surface area (Å²) in [5, 5.41) is 9.07. The zero-order valence-electron chi connectivity index (χ0n) is 19.0. The number of benzene rings is 2. The summed E-state index contributed by atoms with van der Waals surface area (Å²) in [7, 11) is 0. The molecule has 0 radical (unpaired) electrons. The van der Waals surface area contributed by atoms with Crippen molar-refractivity contribution in [2.45, 2.75) is 36.3 Å². The molecular formula is C24H25N5O4S2. The first-order valence-corrected chi connectivity index (χ1v) is 13.2. The number of H-pyrrole nitrogens is 1. The average molecular weight is 512 g/mol. The number of carbonyl (C=O) groups excluding carboxylic acids is 2. The van der Waals surface area contributed by atoms with Gasteiger partial charge in [-0.3, -0.25) is 9.80 Å². The molecule has 4 rings (SSSR count). The van der Waals surface area contributed by atoms with Crippen molar-refractivity contribution in [3.63, 3.8) is 0 Å². The van der Waals surface area contributed by atoms with Crippen LogP contribution in [0, 0.1) is 0 Å². The summed E-state index contributed by atoms with van der Waals surface area (Å²) >= 11 is -0.334. The maximum absolute atomic E-state index is 12.2. The van der Waals surface area contributed by atoms with Crippen LogP contribution in [-0.4, -0.2) is 52.3 Å². The largest absolute Gasteiger partial charge is 0.341 e. The Morgan fingerprint density at radius 1 is 1.20 bits per heavy atom. The summed E-state index contributed by atoms with van der Waals surface area (Å²) in [5.74, 6) is -0.198. The fourth-order valence-corrected chi connectivity index (χ4v) is 5.34. The van der Waals surface area contributed by atoms with E-state index in [-0.39, 0.29) is 16.9 Å². The van der Waals surface area contributed by atoms with E-state index in [9.17, 15) is 13.8 Å². The van der Waals surface area contributed by atoms with E-state index in [1.807, 2.05) is 36.4 Å². The standard InChI is InChI=1S/C24H25N5O4S2/c1-2-21-23(18-7-3-17(4-8-18)14-35(32)33)28-29(22(13-30)34-21)12-16-5-9-19(10-6-16)27-24(31)20-11-25-15-26-20/h3-11,13,15,21-22H,2,12,14H2,1H3,(H,25,26)(H,27,31)(H,32,33). The second-order valence-electron chi connectivity index (χ2n) is 7.92. The smallest absolute Gasteiger partial charge is 0.273 e. The number of nitrogens with zero attached hydrogens (tertiary/aromatic N) is 3. The molecule has 1 amide bonds. The Bertz CT molecular complexity index is 1210. The van der Waals surface area contributed by atoms with E-state index in [0.717, 1.165) is 35.1 Å². The van der Waals surface area contributed by atoms with Crippen molar-refractivity contribution < 1.29 is 18.4 Å². The van der Waals surface area contributed by atoms with Gasteiger partial charge in [-0.1, -0.05) is 43.3 Å². The summed E-state index contributed by atoms with van der Waals surface area (Å²) in [6.07, 6.45) is 4.63. The Balaban J connectivity index is 1.51. The van der Waals surface area contributed by atoms with Crippen molar-refractivity contribution in [3.05, 3.63) is 83.4 Å². The Morgan fingerprint density at radius 2 is 1.91 bits per heavy atom. The lowest BCUT2D eigenvalue weighted by atomic mass is 10.0. The number of hydrogen-bond donors (Lipinski definition) is 3. The van der Waals surface area contributed by atoms with E-state index >= 15 is 0 Å². The SMILES string of the molecule is CCC1SC(C=O)N(Cc2ccc(NC(=O)c3cnc[nH]3)cc2)N=C1c1ccc(CS(=O)O)cc1. The Labute approximate surface area is 209 Å². The zero-order chi connectivity index (χ0) is 24.8. The van der Waals surface area contributed by atoms with Gasteiger partial charge in [-0.05, 0) is 35.2 Å². The fourth-order valence-electron chi connectivity index (χ4n) is 3.70. The molecule has 2 aromatic carbocycles. The molecule has 11 heteroatoms. The van der Waals surface area contributed by atoms with Gasteiger partial charge in [0.15, 0.2) is 17.4 Å². The fraction of sp³-hybridized carbons (Fsp3) is 0.250. The van der Waals surface area contributed by atoms with Gasteiger partial charge < -0.3 is 19.6 Å². The maximum atomic E-state index is 12.2. The topological polar surface area (TPSA) is 128 Å². The van der Waals surface area contributed by atoms with Crippen molar-refractivity contribution in [2.24, 2.45) is 5.10 Å². The third-order valence-electron chi connectivity index (χ3n) is 5.46. The van der Waals surface area contributed by atoms with Crippen LogP contribution in [0.2, 0.25) is 0 Å². The van der Waals surface area contributed by atoms with Crippen LogP contribution >= 0.6 is 11.8 Å². The van der Waals surface area contributed by atoms with Gasteiger partial charge in [-0.15, -0.1) is 11.8 Å². The average Bonchev–Trinajstić information content (AvgIpc) is 3.40. The maximum Gasteiger partial charge on any atom is 0.273 e. The predicted octanol–water partition coefficient (Wildman–Crippen LogP) is 3.64. The number of aromatic nitrogens is 2. The molecule has 1 aliphatic heterocycles. The zero-order valence-corrected chi connectivity index (χ0v) is 20.6. The molecule has 1 aromatic heterocycles. The van der Waals surface area contributed by atoms with Crippen LogP contribution in [0.25, 0.3) is 0 Å². The number of aromatic amines is 1. The second-order valence-corrected chi connectivity index (χ2v) is 10.2. The van der Waals surface area contributed by atoms with Crippen LogP contribution in [0.3, 0.4) is 0 Å². The van der Waals surface area contributed by atoms with E-state index in [1.165, 1.54) is 12.5 Å². The van der Waals surface area contributed by atoms with E-state index in [4.69, 9.17) is 9.65 Å². The molecule has 3 aromatic rings. The monoisotopic (exact) mass is 511 g/mol. The van der Waals surface area contributed by atoms with Crippen LogP contribution in [0.5, 0.6) is 0 Å². The Morgan fingerprint density at radius 3 is 2.51 bits per heavy atom. The van der Waals surface area contributed by atoms with E-state index in [1.54, 1.807) is 28.9 Å². The normalized spacial score (nSPS) is 18.6. The molecule has 0 bridgehead atoms. The van der Waals surface area contributed by atoms with Crippen LogP contribution in [0.4, 0.5) is 5.69 Å². The van der Waals surface area contributed by atoms with Gasteiger partial charge in [-0.2, -0.15) is 5.10 Å². The van der Waals surface area contributed by atoms with Gasteiger partial charge in [-0.25, -0.2) is 9.19 Å². The first-order chi connectivity index (χ1) is 17.0. The highest BCUT2D eigenvalue weighted by Gasteiger charge is 2.31. The van der Waals surface area contributed by atoms with E-state index in [2.05, 4.69) is 22.2 Å². The number of aldehydes is 1. The number of imidazole rings is 1. The van der Waals surface area contributed by atoms with Crippen molar-refractivity contribution in [1.29, 1.82) is 0 Å². The van der Waals surface area contributed by atoms with Crippen molar-refractivity contribution in [2.75, 3.05) is 5.32 Å². The highest BCUT2D eigenvalue weighted by molar-refractivity contribution is 8.01. The number of anilines is 1. The first kappa shape index (κ1) is 24.8. The van der Waals surface area contributed by atoms with Crippen molar-refractivity contribution >= 4 is 46.4 Å².